The third-order valence-electron chi connectivity index (χ3n) is 4.34. The monoisotopic (exact) mass is 222 g/mol. The summed E-state index contributed by atoms with van der Waals surface area (Å²) in [6.07, 6.45) is 6.86. The van der Waals surface area contributed by atoms with E-state index in [-0.39, 0.29) is 10.7 Å². The first-order chi connectivity index (χ1) is 7.03. The average Bonchev–Trinajstić information content (AvgIpc) is 2.88. The number of carbonyl (C=O) groups excluding carboxylic acids is 1. The van der Waals surface area contributed by atoms with Gasteiger partial charge in [0.15, 0.2) is 0 Å². The van der Waals surface area contributed by atoms with E-state index in [9.17, 15) is 4.79 Å². The molecule has 0 radical (unpaired) electrons. The summed E-state index contributed by atoms with van der Waals surface area (Å²) < 4.78 is 0. The topological polar surface area (TPSA) is 17.1 Å². The maximum atomic E-state index is 11.4. The highest BCUT2D eigenvalue weighted by Crippen LogP contribution is 2.67. The summed E-state index contributed by atoms with van der Waals surface area (Å²) in [6.45, 7) is 4.49. The largest absolute Gasteiger partial charge is 0.276 e. The second kappa shape index (κ2) is 2.76. The predicted octanol–water partition coefficient (Wildman–Crippen LogP) is 3.30. The molecule has 4 aliphatic rings. The molecule has 3 atom stereocenters. The van der Waals surface area contributed by atoms with Gasteiger partial charge in [-0.15, -0.1) is 0 Å². The SMILES string of the molecule is CC(C)C1CC23C=C(C(=O)Cl)C1C=C2C3. The van der Waals surface area contributed by atoms with Crippen molar-refractivity contribution in [1.29, 1.82) is 0 Å². The molecule has 0 aromatic carbocycles. The van der Waals surface area contributed by atoms with Crippen molar-refractivity contribution in [3.8, 4) is 0 Å². The van der Waals surface area contributed by atoms with Gasteiger partial charge in [-0.1, -0.05) is 31.6 Å². The summed E-state index contributed by atoms with van der Waals surface area (Å²) in [5.74, 6) is 1.54. The standard InChI is InChI=1S/C13H15ClO/c1-7(2)10-5-13-4-8(13)3-9(10)11(6-13)12(14)15/h3,6-7,9-10H,4-5H2,1-2H3. The van der Waals surface area contributed by atoms with Crippen molar-refractivity contribution in [2.45, 2.75) is 26.7 Å². The molecule has 1 spiro atoms. The highest BCUT2D eigenvalue weighted by atomic mass is 35.5. The summed E-state index contributed by atoms with van der Waals surface area (Å²) in [5.41, 5.74) is 2.66. The van der Waals surface area contributed by atoms with E-state index in [2.05, 4.69) is 26.0 Å². The highest BCUT2D eigenvalue weighted by molar-refractivity contribution is 6.67. The lowest BCUT2D eigenvalue weighted by Crippen LogP contribution is -2.32. The average molecular weight is 223 g/mol. The van der Waals surface area contributed by atoms with Gasteiger partial charge in [-0.3, -0.25) is 4.79 Å². The Morgan fingerprint density at radius 3 is 2.87 bits per heavy atom. The molecule has 1 saturated carbocycles. The van der Waals surface area contributed by atoms with Crippen LogP contribution >= 0.6 is 11.6 Å². The molecule has 2 bridgehead atoms. The predicted molar refractivity (Wildman–Crippen MR) is 60.5 cm³/mol. The first-order valence-corrected chi connectivity index (χ1v) is 6.05. The molecule has 0 heterocycles. The normalized spacial score (nSPS) is 41.1. The number of hydrogen-bond donors (Lipinski definition) is 0. The van der Waals surface area contributed by atoms with E-state index in [0.29, 0.717) is 17.8 Å². The van der Waals surface area contributed by atoms with Gasteiger partial charge in [0, 0.05) is 16.9 Å². The first kappa shape index (κ1) is 9.65. The minimum Gasteiger partial charge on any atom is -0.276 e. The van der Waals surface area contributed by atoms with Gasteiger partial charge < -0.3 is 0 Å². The third-order valence-corrected chi connectivity index (χ3v) is 4.55. The number of carbonyl (C=O) groups is 1. The van der Waals surface area contributed by atoms with E-state index in [1.165, 1.54) is 12.8 Å². The van der Waals surface area contributed by atoms with Gasteiger partial charge in [-0.25, -0.2) is 0 Å². The quantitative estimate of drug-likeness (QED) is 0.518. The van der Waals surface area contributed by atoms with E-state index in [1.807, 2.05) is 0 Å². The lowest BCUT2D eigenvalue weighted by molar-refractivity contribution is -0.109. The van der Waals surface area contributed by atoms with Gasteiger partial charge in [0.05, 0.1) is 0 Å². The first-order valence-electron chi connectivity index (χ1n) is 5.67. The lowest BCUT2D eigenvalue weighted by Gasteiger charge is -2.39. The van der Waals surface area contributed by atoms with Crippen LogP contribution in [-0.4, -0.2) is 5.24 Å². The van der Waals surface area contributed by atoms with Crippen LogP contribution in [0.3, 0.4) is 0 Å². The minimum absolute atomic E-state index is 0.244. The number of halogens is 1. The van der Waals surface area contributed by atoms with E-state index in [0.717, 1.165) is 5.57 Å². The van der Waals surface area contributed by atoms with Crippen LogP contribution in [0.4, 0.5) is 0 Å². The Bertz CT molecular complexity index is 405. The Kier molecular flexibility index (Phi) is 1.78. The van der Waals surface area contributed by atoms with Crippen molar-refractivity contribution in [1.82, 2.24) is 0 Å². The summed E-state index contributed by atoms with van der Waals surface area (Å²) >= 11 is 5.66. The van der Waals surface area contributed by atoms with E-state index in [1.54, 1.807) is 5.57 Å². The molecule has 0 saturated heterocycles. The second-order valence-corrected chi connectivity index (χ2v) is 5.88. The smallest absolute Gasteiger partial charge is 0.248 e. The van der Waals surface area contributed by atoms with Crippen LogP contribution in [0.5, 0.6) is 0 Å². The van der Waals surface area contributed by atoms with Crippen molar-refractivity contribution < 1.29 is 4.79 Å². The molecule has 0 aromatic rings. The molecule has 4 aliphatic carbocycles. The molecule has 4 rings (SSSR count). The van der Waals surface area contributed by atoms with Gasteiger partial charge in [-0.05, 0) is 36.3 Å². The Labute approximate surface area is 95.2 Å². The molecule has 1 fully saturated rings. The van der Waals surface area contributed by atoms with Gasteiger partial charge in [0.2, 0.25) is 5.24 Å². The van der Waals surface area contributed by atoms with Crippen molar-refractivity contribution in [2.75, 3.05) is 0 Å². The van der Waals surface area contributed by atoms with Gasteiger partial charge in [0.25, 0.3) is 0 Å². The molecule has 0 amide bonds. The number of allylic oxidation sites excluding steroid dienone is 4. The lowest BCUT2D eigenvalue weighted by atomic mass is 9.65. The van der Waals surface area contributed by atoms with Crippen LogP contribution in [0.15, 0.2) is 23.3 Å². The highest BCUT2D eigenvalue weighted by Gasteiger charge is 2.57. The second-order valence-electron chi connectivity index (χ2n) is 5.54. The van der Waals surface area contributed by atoms with Crippen LogP contribution < -0.4 is 0 Å². The zero-order valence-electron chi connectivity index (χ0n) is 9.09. The van der Waals surface area contributed by atoms with Crippen molar-refractivity contribution >= 4 is 16.8 Å². The number of rotatable bonds is 2. The molecule has 0 aromatic heterocycles. The van der Waals surface area contributed by atoms with Crippen molar-refractivity contribution in [3.63, 3.8) is 0 Å². The molecule has 0 N–H and O–H groups in total. The minimum atomic E-state index is -0.244. The molecular weight excluding hydrogens is 208 g/mol. The van der Waals surface area contributed by atoms with Crippen molar-refractivity contribution in [2.24, 2.45) is 23.2 Å². The molecule has 80 valence electrons. The molecule has 1 nitrogen and oxygen atoms in total. The summed E-state index contributed by atoms with van der Waals surface area (Å²) in [4.78, 5) is 11.4. The Balaban J connectivity index is 2.03. The van der Waals surface area contributed by atoms with E-state index in [4.69, 9.17) is 11.6 Å². The Morgan fingerprint density at radius 1 is 1.60 bits per heavy atom. The summed E-state index contributed by atoms with van der Waals surface area (Å²) in [6, 6.07) is 0. The summed E-state index contributed by atoms with van der Waals surface area (Å²) in [7, 11) is 0. The Morgan fingerprint density at radius 2 is 2.33 bits per heavy atom. The van der Waals surface area contributed by atoms with Crippen LogP contribution in [-0.2, 0) is 4.79 Å². The van der Waals surface area contributed by atoms with Gasteiger partial charge in [-0.2, -0.15) is 0 Å². The van der Waals surface area contributed by atoms with Crippen LogP contribution in [0.25, 0.3) is 0 Å². The number of fused-ring (bicyclic) bond motifs is 1. The maximum Gasteiger partial charge on any atom is 0.248 e. The van der Waals surface area contributed by atoms with Crippen LogP contribution in [0.2, 0.25) is 0 Å². The zero-order valence-corrected chi connectivity index (χ0v) is 9.84. The van der Waals surface area contributed by atoms with Gasteiger partial charge >= 0.3 is 0 Å². The molecule has 3 unspecified atom stereocenters. The third kappa shape index (κ3) is 1.19. The molecule has 0 aliphatic heterocycles. The fourth-order valence-electron chi connectivity index (χ4n) is 3.37. The zero-order chi connectivity index (χ0) is 10.8. The van der Waals surface area contributed by atoms with Crippen molar-refractivity contribution in [3.05, 3.63) is 23.3 Å². The molecule has 15 heavy (non-hydrogen) atoms. The molecular formula is C13H15ClO. The fourth-order valence-corrected chi connectivity index (χ4v) is 3.55. The van der Waals surface area contributed by atoms with Gasteiger partial charge in [0.1, 0.15) is 0 Å². The maximum absolute atomic E-state index is 11.4. The van der Waals surface area contributed by atoms with E-state index >= 15 is 0 Å². The Hall–Kier alpha value is -0.560. The summed E-state index contributed by atoms with van der Waals surface area (Å²) in [5, 5.41) is -0.244. The fraction of sp³-hybridized carbons (Fsp3) is 0.615. The number of hydrogen-bond acceptors (Lipinski definition) is 1. The van der Waals surface area contributed by atoms with Crippen LogP contribution in [0, 0.1) is 23.2 Å². The van der Waals surface area contributed by atoms with E-state index < -0.39 is 0 Å². The van der Waals surface area contributed by atoms with Crippen LogP contribution in [0.1, 0.15) is 26.7 Å². The molecule has 2 heteroatoms.